The van der Waals surface area contributed by atoms with Gasteiger partial charge in [-0.25, -0.2) is 0 Å². The molecule has 41 heavy (non-hydrogen) atoms. The van der Waals surface area contributed by atoms with Gasteiger partial charge in [-0.2, -0.15) is 0 Å². The number of hydrogen-bond acceptors (Lipinski definition) is 3. The minimum Gasteiger partial charge on any atom is -0.494 e. The van der Waals surface area contributed by atoms with Crippen LogP contribution in [0, 0.1) is 0 Å². The van der Waals surface area contributed by atoms with Crippen molar-refractivity contribution in [3.8, 4) is 5.75 Å². The van der Waals surface area contributed by atoms with Gasteiger partial charge in [-0.1, -0.05) is 121 Å². The van der Waals surface area contributed by atoms with Crippen molar-refractivity contribution in [2.45, 2.75) is 117 Å². The number of unbranched alkanes of at least 4 members (excludes halogenated alkanes) is 13. The molecule has 0 saturated heterocycles. The number of aromatic nitrogens is 1. The van der Waals surface area contributed by atoms with Crippen molar-refractivity contribution in [1.29, 1.82) is 0 Å². The first-order chi connectivity index (χ1) is 20.2. The van der Waals surface area contributed by atoms with Crippen molar-refractivity contribution >= 4 is 11.6 Å². The number of ether oxygens (including phenoxy) is 1. The van der Waals surface area contributed by atoms with Gasteiger partial charge in [-0.3, -0.25) is 9.78 Å². The maximum atomic E-state index is 12.5. The van der Waals surface area contributed by atoms with E-state index in [-0.39, 0.29) is 5.91 Å². The molecule has 222 valence electrons. The highest BCUT2D eigenvalue weighted by molar-refractivity contribution is 5.91. The fraction of sp³-hybridized carbons (Fsp3) is 0.514. The van der Waals surface area contributed by atoms with E-state index >= 15 is 0 Å². The molecule has 2 aromatic carbocycles. The lowest BCUT2D eigenvalue weighted by Crippen LogP contribution is -2.27. The first-order valence-electron chi connectivity index (χ1n) is 16.1. The fourth-order valence-electron chi connectivity index (χ4n) is 5.32. The molecule has 1 amide bonds. The highest BCUT2D eigenvalue weighted by Crippen LogP contribution is 2.22. The number of carbonyl (C=O) groups excluding carboxylic acids is 1. The molecule has 0 bridgehead atoms. The van der Waals surface area contributed by atoms with Crippen LogP contribution in [-0.2, 0) is 17.8 Å². The number of amides is 1. The minimum absolute atomic E-state index is 0.0293. The summed E-state index contributed by atoms with van der Waals surface area (Å²) in [7, 11) is 0. The molecule has 0 aliphatic rings. The van der Waals surface area contributed by atoms with Crippen LogP contribution in [0.25, 0.3) is 0 Å². The van der Waals surface area contributed by atoms with Crippen molar-refractivity contribution in [2.24, 2.45) is 0 Å². The maximum Gasteiger partial charge on any atom is 0.224 e. The van der Waals surface area contributed by atoms with Gasteiger partial charge >= 0.3 is 0 Å². The SMILES string of the molecule is CCCCCCCCCCCCCCCCOc1ccc(CN(C(C)=O)c2cccc(Cc3cccnc3)c2)cc1. The lowest BCUT2D eigenvalue weighted by molar-refractivity contribution is -0.116. The van der Waals surface area contributed by atoms with Gasteiger partial charge < -0.3 is 9.64 Å². The largest absolute Gasteiger partial charge is 0.494 e. The van der Waals surface area contributed by atoms with E-state index in [1.54, 1.807) is 13.1 Å². The second-order valence-electron chi connectivity index (χ2n) is 11.4. The van der Waals surface area contributed by atoms with Gasteiger partial charge in [0.25, 0.3) is 0 Å². The summed E-state index contributed by atoms with van der Waals surface area (Å²) < 4.78 is 5.99. The highest BCUT2D eigenvalue weighted by atomic mass is 16.5. The summed E-state index contributed by atoms with van der Waals surface area (Å²) in [4.78, 5) is 18.6. The number of benzene rings is 2. The van der Waals surface area contributed by atoms with Gasteiger partial charge in [-0.15, -0.1) is 0 Å². The van der Waals surface area contributed by atoms with E-state index in [1.165, 1.54) is 83.5 Å². The summed E-state index contributed by atoms with van der Waals surface area (Å²) in [5.41, 5.74) is 4.32. The monoisotopic (exact) mass is 556 g/mol. The number of pyridine rings is 1. The lowest BCUT2D eigenvalue weighted by Gasteiger charge is -2.22. The summed E-state index contributed by atoms with van der Waals surface area (Å²) >= 11 is 0. The van der Waals surface area contributed by atoms with Crippen molar-refractivity contribution < 1.29 is 9.53 Å². The van der Waals surface area contributed by atoms with E-state index in [1.807, 2.05) is 41.4 Å². The quantitative estimate of drug-likeness (QED) is 0.123. The first-order valence-corrected chi connectivity index (χ1v) is 16.1. The van der Waals surface area contributed by atoms with Crippen LogP contribution in [0.4, 0.5) is 5.69 Å². The Hall–Kier alpha value is -3.14. The van der Waals surface area contributed by atoms with E-state index in [9.17, 15) is 4.79 Å². The van der Waals surface area contributed by atoms with Crippen LogP contribution in [0.1, 0.15) is 120 Å². The Morgan fingerprint density at radius 2 is 1.32 bits per heavy atom. The van der Waals surface area contributed by atoms with E-state index in [2.05, 4.69) is 42.2 Å². The second kappa shape index (κ2) is 19.9. The molecule has 0 unspecified atom stereocenters. The van der Waals surface area contributed by atoms with Gasteiger partial charge in [0.05, 0.1) is 13.2 Å². The fourth-order valence-corrected chi connectivity index (χ4v) is 5.32. The number of anilines is 1. The van der Waals surface area contributed by atoms with Gasteiger partial charge in [0.2, 0.25) is 5.91 Å². The molecule has 0 saturated carbocycles. The molecule has 0 fully saturated rings. The Balaban J connectivity index is 1.30. The van der Waals surface area contributed by atoms with Crippen LogP contribution < -0.4 is 9.64 Å². The molecule has 0 N–H and O–H groups in total. The lowest BCUT2D eigenvalue weighted by atomic mass is 10.0. The third-order valence-electron chi connectivity index (χ3n) is 7.76. The highest BCUT2D eigenvalue weighted by Gasteiger charge is 2.13. The normalized spacial score (nSPS) is 11.0. The molecule has 3 rings (SSSR count). The third-order valence-corrected chi connectivity index (χ3v) is 7.76. The Kier molecular flexibility index (Phi) is 15.7. The molecule has 0 atom stereocenters. The Morgan fingerprint density at radius 3 is 1.90 bits per heavy atom. The topological polar surface area (TPSA) is 42.4 Å². The molecular weight excluding hydrogens is 504 g/mol. The van der Waals surface area contributed by atoms with E-state index < -0.39 is 0 Å². The van der Waals surface area contributed by atoms with Gasteiger partial charge in [-0.05, 0) is 59.9 Å². The summed E-state index contributed by atoms with van der Waals surface area (Å²) in [6, 6.07) is 20.4. The second-order valence-corrected chi connectivity index (χ2v) is 11.4. The number of hydrogen-bond donors (Lipinski definition) is 0. The predicted molar refractivity (Wildman–Crippen MR) is 173 cm³/mol. The van der Waals surface area contributed by atoms with Crippen LogP contribution in [0.3, 0.4) is 0 Å². The molecular formula is C37H52N2O2. The van der Waals surface area contributed by atoms with Gasteiger partial charge in [0.1, 0.15) is 5.75 Å². The van der Waals surface area contributed by atoms with Crippen LogP contribution in [0.15, 0.2) is 73.1 Å². The smallest absolute Gasteiger partial charge is 0.224 e. The summed E-state index contributed by atoms with van der Waals surface area (Å²) in [6.07, 6.45) is 23.5. The number of carbonyl (C=O) groups is 1. The summed E-state index contributed by atoms with van der Waals surface area (Å²) in [5.74, 6) is 0.929. The molecule has 0 aliphatic heterocycles. The first kappa shape index (κ1) is 32.4. The van der Waals surface area contributed by atoms with E-state index in [4.69, 9.17) is 4.74 Å². The molecule has 1 aromatic heterocycles. The van der Waals surface area contributed by atoms with Crippen molar-refractivity contribution in [3.63, 3.8) is 0 Å². The van der Waals surface area contributed by atoms with Gasteiger partial charge in [0, 0.05) is 25.0 Å². The molecule has 1 heterocycles. The number of rotatable bonds is 21. The summed E-state index contributed by atoms with van der Waals surface area (Å²) in [6.45, 7) is 5.21. The zero-order valence-electron chi connectivity index (χ0n) is 25.7. The summed E-state index contributed by atoms with van der Waals surface area (Å²) in [5, 5.41) is 0. The average molecular weight is 557 g/mol. The molecule has 4 nitrogen and oxygen atoms in total. The van der Waals surface area contributed by atoms with Crippen LogP contribution in [0.5, 0.6) is 5.75 Å². The van der Waals surface area contributed by atoms with Crippen molar-refractivity contribution in [3.05, 3.63) is 89.7 Å². The molecule has 0 aliphatic carbocycles. The van der Waals surface area contributed by atoms with Crippen LogP contribution in [0.2, 0.25) is 0 Å². The third kappa shape index (κ3) is 13.4. The van der Waals surface area contributed by atoms with Crippen LogP contribution >= 0.6 is 0 Å². The Labute approximate surface area is 249 Å². The molecule has 0 spiro atoms. The van der Waals surface area contributed by atoms with E-state index in [0.717, 1.165) is 47.6 Å². The van der Waals surface area contributed by atoms with Gasteiger partial charge in [0.15, 0.2) is 0 Å². The van der Waals surface area contributed by atoms with Crippen molar-refractivity contribution in [2.75, 3.05) is 11.5 Å². The average Bonchev–Trinajstić information content (AvgIpc) is 2.99. The Morgan fingerprint density at radius 1 is 0.707 bits per heavy atom. The zero-order chi connectivity index (χ0) is 29.0. The molecule has 3 aromatic rings. The number of nitrogens with zero attached hydrogens (tertiary/aromatic N) is 2. The van der Waals surface area contributed by atoms with Crippen LogP contribution in [-0.4, -0.2) is 17.5 Å². The van der Waals surface area contributed by atoms with E-state index in [0.29, 0.717) is 6.54 Å². The van der Waals surface area contributed by atoms with Crippen molar-refractivity contribution in [1.82, 2.24) is 4.98 Å². The Bertz CT molecular complexity index is 1100. The maximum absolute atomic E-state index is 12.5. The molecule has 0 radical (unpaired) electrons. The zero-order valence-corrected chi connectivity index (χ0v) is 25.7. The minimum atomic E-state index is 0.0293. The molecule has 4 heteroatoms. The standard InChI is InChI=1S/C37H52N2O2/c1-3-4-5-6-7-8-9-10-11-12-13-14-15-16-27-41-37-24-22-33(23-25-37)31-39(32(2)40)36-21-17-19-34(29-36)28-35-20-18-26-38-30-35/h17-26,29-30H,3-16,27-28,31H2,1-2H3. The predicted octanol–water partition coefficient (Wildman–Crippen LogP) is 10.1.